The molecule has 84 valence electrons. The Morgan fingerprint density at radius 2 is 2.12 bits per heavy atom. The highest BCUT2D eigenvalue weighted by Crippen LogP contribution is 2.22. The van der Waals surface area contributed by atoms with Crippen LogP contribution in [0.2, 0.25) is 5.02 Å². The molecule has 16 heavy (non-hydrogen) atoms. The monoisotopic (exact) mass is 236 g/mol. The maximum absolute atomic E-state index is 12.0. The number of hydrogen-bond donors (Lipinski definition) is 1. The summed E-state index contributed by atoms with van der Waals surface area (Å²) in [6, 6.07) is 5.54. The zero-order valence-corrected chi connectivity index (χ0v) is 10.0. The van der Waals surface area contributed by atoms with E-state index in [0.29, 0.717) is 10.6 Å². The van der Waals surface area contributed by atoms with Gasteiger partial charge in [-0.1, -0.05) is 17.7 Å². The molecule has 1 aromatic carbocycles. The first-order valence-electron chi connectivity index (χ1n) is 5.04. The normalized spacial score (nSPS) is 11.0. The molecule has 2 rings (SSSR count). The van der Waals surface area contributed by atoms with E-state index in [1.807, 2.05) is 19.1 Å². The predicted octanol–water partition coefficient (Wildman–Crippen LogP) is 1.96. The molecule has 0 aliphatic rings. The van der Waals surface area contributed by atoms with E-state index in [0.717, 1.165) is 16.5 Å². The fourth-order valence-electron chi connectivity index (χ4n) is 1.97. The molecule has 0 aliphatic heterocycles. The first-order valence-corrected chi connectivity index (χ1v) is 5.42. The summed E-state index contributed by atoms with van der Waals surface area (Å²) in [5.41, 5.74) is 8.00. The quantitative estimate of drug-likeness (QED) is 0.823. The number of nitrogens with zero attached hydrogens (tertiary/aromatic N) is 1. The van der Waals surface area contributed by atoms with Crippen LogP contribution in [0.5, 0.6) is 0 Å². The fraction of sp³-hybridized carbons (Fsp3) is 0.250. The Kier molecular flexibility index (Phi) is 2.74. The summed E-state index contributed by atoms with van der Waals surface area (Å²) < 4.78 is 1.59. The van der Waals surface area contributed by atoms with Gasteiger partial charge in [0, 0.05) is 29.6 Å². The maximum atomic E-state index is 12.0. The number of rotatable bonds is 1. The highest BCUT2D eigenvalue weighted by molar-refractivity contribution is 6.31. The van der Waals surface area contributed by atoms with E-state index < -0.39 is 0 Å². The van der Waals surface area contributed by atoms with E-state index in [4.69, 9.17) is 17.3 Å². The van der Waals surface area contributed by atoms with Gasteiger partial charge in [-0.05, 0) is 24.6 Å². The van der Waals surface area contributed by atoms with Crippen LogP contribution in [0.3, 0.4) is 0 Å². The number of pyridine rings is 1. The third-order valence-corrected chi connectivity index (χ3v) is 3.18. The van der Waals surface area contributed by atoms with Gasteiger partial charge in [-0.25, -0.2) is 0 Å². The Morgan fingerprint density at radius 3 is 2.75 bits per heavy atom. The molecule has 0 spiro atoms. The topological polar surface area (TPSA) is 48.0 Å². The Morgan fingerprint density at radius 1 is 1.44 bits per heavy atom. The Hall–Kier alpha value is -1.32. The van der Waals surface area contributed by atoms with Crippen molar-refractivity contribution in [3.63, 3.8) is 0 Å². The van der Waals surface area contributed by atoms with Gasteiger partial charge in [0.15, 0.2) is 0 Å². The zero-order valence-electron chi connectivity index (χ0n) is 9.25. The van der Waals surface area contributed by atoms with E-state index in [2.05, 4.69) is 0 Å². The van der Waals surface area contributed by atoms with E-state index in [1.165, 1.54) is 0 Å². The molecule has 0 aliphatic carbocycles. The van der Waals surface area contributed by atoms with Gasteiger partial charge in [0.1, 0.15) is 0 Å². The lowest BCUT2D eigenvalue weighted by atomic mass is 10.0. The van der Waals surface area contributed by atoms with Crippen molar-refractivity contribution in [1.82, 2.24) is 4.57 Å². The third-order valence-electron chi connectivity index (χ3n) is 2.94. The molecule has 4 heteroatoms. The molecular formula is C12H13ClN2O. The van der Waals surface area contributed by atoms with Gasteiger partial charge in [0.2, 0.25) is 0 Å². The third kappa shape index (κ3) is 1.52. The van der Waals surface area contributed by atoms with Crippen LogP contribution in [0, 0.1) is 6.92 Å². The molecule has 1 aromatic heterocycles. The first-order chi connectivity index (χ1) is 7.56. The Bertz CT molecular complexity index is 616. The number of halogens is 1. The van der Waals surface area contributed by atoms with Crippen LogP contribution in [-0.4, -0.2) is 4.57 Å². The van der Waals surface area contributed by atoms with Gasteiger partial charge < -0.3 is 10.3 Å². The van der Waals surface area contributed by atoms with Crippen molar-refractivity contribution in [3.8, 4) is 0 Å². The maximum Gasteiger partial charge on any atom is 0.255 e. The summed E-state index contributed by atoms with van der Waals surface area (Å²) in [7, 11) is 1.74. The predicted molar refractivity (Wildman–Crippen MR) is 66.8 cm³/mol. The molecule has 0 amide bonds. The molecule has 1 heterocycles. The molecule has 0 atom stereocenters. The van der Waals surface area contributed by atoms with E-state index in [1.54, 1.807) is 17.7 Å². The second-order valence-corrected chi connectivity index (χ2v) is 4.27. The summed E-state index contributed by atoms with van der Waals surface area (Å²) in [4.78, 5) is 12.0. The number of aromatic nitrogens is 1. The van der Waals surface area contributed by atoms with Gasteiger partial charge in [0.05, 0.1) is 5.52 Å². The Balaban J connectivity index is 3.01. The average molecular weight is 237 g/mol. The molecule has 2 aromatic rings. The Labute approximate surface area is 98.4 Å². The smallest absolute Gasteiger partial charge is 0.255 e. The number of benzene rings is 1. The van der Waals surface area contributed by atoms with Crippen molar-refractivity contribution in [2.75, 3.05) is 0 Å². The highest BCUT2D eigenvalue weighted by Gasteiger charge is 2.10. The number of fused-ring (bicyclic) bond motifs is 1. The standard InChI is InChI=1S/C12H13ClN2O/c1-7-9-4-3-8(13)5-11(9)15(2)12(16)10(7)6-14/h3-5H,6,14H2,1-2H3. The minimum atomic E-state index is -0.0465. The van der Waals surface area contributed by atoms with Gasteiger partial charge in [-0.3, -0.25) is 4.79 Å². The molecular weight excluding hydrogens is 224 g/mol. The molecule has 0 saturated heterocycles. The summed E-state index contributed by atoms with van der Waals surface area (Å²) in [6.07, 6.45) is 0. The van der Waals surface area contributed by atoms with Crippen LogP contribution in [0.4, 0.5) is 0 Å². The molecule has 2 N–H and O–H groups in total. The zero-order chi connectivity index (χ0) is 11.9. The molecule has 0 bridgehead atoms. The van der Waals surface area contributed by atoms with Crippen LogP contribution in [0.25, 0.3) is 10.9 Å². The molecule has 0 radical (unpaired) electrons. The van der Waals surface area contributed by atoms with Crippen LogP contribution in [0.15, 0.2) is 23.0 Å². The second kappa shape index (κ2) is 3.92. The van der Waals surface area contributed by atoms with Crippen LogP contribution >= 0.6 is 11.6 Å². The van der Waals surface area contributed by atoms with Gasteiger partial charge >= 0.3 is 0 Å². The van der Waals surface area contributed by atoms with Gasteiger partial charge in [-0.15, -0.1) is 0 Å². The summed E-state index contributed by atoms with van der Waals surface area (Å²) in [6.45, 7) is 2.18. The molecule has 0 unspecified atom stereocenters. The van der Waals surface area contributed by atoms with E-state index >= 15 is 0 Å². The largest absolute Gasteiger partial charge is 0.326 e. The summed E-state index contributed by atoms with van der Waals surface area (Å²) >= 11 is 5.93. The van der Waals surface area contributed by atoms with Gasteiger partial charge in [0.25, 0.3) is 5.56 Å². The fourth-order valence-corrected chi connectivity index (χ4v) is 2.14. The minimum absolute atomic E-state index is 0.0465. The van der Waals surface area contributed by atoms with E-state index in [-0.39, 0.29) is 12.1 Å². The van der Waals surface area contributed by atoms with Crippen molar-refractivity contribution >= 4 is 22.5 Å². The van der Waals surface area contributed by atoms with Crippen LogP contribution in [-0.2, 0) is 13.6 Å². The number of nitrogens with two attached hydrogens (primary N) is 1. The van der Waals surface area contributed by atoms with Crippen molar-refractivity contribution in [3.05, 3.63) is 44.7 Å². The summed E-state index contributed by atoms with van der Waals surface area (Å²) in [5.74, 6) is 0. The van der Waals surface area contributed by atoms with Crippen LogP contribution < -0.4 is 11.3 Å². The SMILES string of the molecule is Cc1c(CN)c(=O)n(C)c2cc(Cl)ccc12. The molecule has 0 saturated carbocycles. The lowest BCUT2D eigenvalue weighted by molar-refractivity contribution is 0.862. The molecule has 3 nitrogen and oxygen atoms in total. The first kappa shape index (κ1) is 11.2. The van der Waals surface area contributed by atoms with Crippen molar-refractivity contribution < 1.29 is 0 Å². The van der Waals surface area contributed by atoms with Crippen molar-refractivity contribution in [1.29, 1.82) is 0 Å². The minimum Gasteiger partial charge on any atom is -0.326 e. The highest BCUT2D eigenvalue weighted by atomic mass is 35.5. The number of hydrogen-bond acceptors (Lipinski definition) is 2. The van der Waals surface area contributed by atoms with Crippen molar-refractivity contribution in [2.45, 2.75) is 13.5 Å². The lowest BCUT2D eigenvalue weighted by Gasteiger charge is -2.11. The van der Waals surface area contributed by atoms with Gasteiger partial charge in [-0.2, -0.15) is 0 Å². The molecule has 0 fully saturated rings. The van der Waals surface area contributed by atoms with E-state index in [9.17, 15) is 4.79 Å². The summed E-state index contributed by atoms with van der Waals surface area (Å²) in [5, 5.41) is 1.65. The number of aryl methyl sites for hydroxylation is 2. The lowest BCUT2D eigenvalue weighted by Crippen LogP contribution is -2.25. The van der Waals surface area contributed by atoms with Crippen LogP contribution in [0.1, 0.15) is 11.1 Å². The second-order valence-electron chi connectivity index (χ2n) is 3.83. The average Bonchev–Trinajstić information content (AvgIpc) is 2.27. The van der Waals surface area contributed by atoms with Crippen molar-refractivity contribution in [2.24, 2.45) is 12.8 Å².